The third-order valence-corrected chi connectivity index (χ3v) is 5.48. The Morgan fingerprint density at radius 3 is 2.70 bits per heavy atom. The molecule has 0 aromatic heterocycles. The van der Waals surface area contributed by atoms with E-state index >= 15 is 0 Å². The molecule has 0 unspecified atom stereocenters. The Balaban J connectivity index is 1.71. The quantitative estimate of drug-likeness (QED) is 0.740. The van der Waals surface area contributed by atoms with Crippen LogP contribution in [-0.4, -0.2) is 39.2 Å². The van der Waals surface area contributed by atoms with E-state index in [4.69, 9.17) is 21.1 Å². The van der Waals surface area contributed by atoms with E-state index in [1.54, 1.807) is 7.11 Å². The molecule has 2 aromatic carbocycles. The highest BCUT2D eigenvalue weighted by Crippen LogP contribution is 2.38. The summed E-state index contributed by atoms with van der Waals surface area (Å²) in [4.78, 5) is 15.2. The number of aryl methyl sites for hydroxylation is 1. The van der Waals surface area contributed by atoms with Crippen LogP contribution in [0.25, 0.3) is 6.08 Å². The van der Waals surface area contributed by atoms with Gasteiger partial charge in [-0.05, 0) is 54.0 Å². The Morgan fingerprint density at radius 2 is 1.96 bits per heavy atom. The molecule has 4 nitrogen and oxygen atoms in total. The Kier molecular flexibility index (Phi) is 4.94. The molecule has 27 heavy (non-hydrogen) atoms. The third-order valence-electron chi connectivity index (χ3n) is 5.24. The number of anilines is 1. The molecule has 5 heteroatoms. The second-order valence-corrected chi connectivity index (χ2v) is 7.39. The van der Waals surface area contributed by atoms with Gasteiger partial charge in [0.05, 0.1) is 26.0 Å². The van der Waals surface area contributed by atoms with E-state index in [2.05, 4.69) is 11.0 Å². The lowest BCUT2D eigenvalue weighted by Gasteiger charge is -2.30. The SMILES string of the molecule is COc1cc2c(cc1N1CCOCC1)C/C(=C\c1cc(Cl)ccc1C)C2=O. The molecule has 1 fully saturated rings. The van der Waals surface area contributed by atoms with E-state index in [0.717, 1.165) is 52.4 Å². The summed E-state index contributed by atoms with van der Waals surface area (Å²) in [5, 5.41) is 0.673. The highest BCUT2D eigenvalue weighted by molar-refractivity contribution is 6.30. The van der Waals surface area contributed by atoms with E-state index in [0.29, 0.717) is 24.7 Å². The zero-order valence-corrected chi connectivity index (χ0v) is 16.3. The number of nitrogens with zero attached hydrogens (tertiary/aromatic N) is 1. The van der Waals surface area contributed by atoms with Crippen molar-refractivity contribution in [3.8, 4) is 5.75 Å². The van der Waals surface area contributed by atoms with Gasteiger partial charge in [0.15, 0.2) is 5.78 Å². The van der Waals surface area contributed by atoms with E-state index in [1.807, 2.05) is 37.3 Å². The maximum absolute atomic E-state index is 13.0. The van der Waals surface area contributed by atoms with Gasteiger partial charge in [0.25, 0.3) is 0 Å². The number of carbonyl (C=O) groups excluding carboxylic acids is 1. The van der Waals surface area contributed by atoms with Crippen molar-refractivity contribution in [2.75, 3.05) is 38.3 Å². The predicted octanol–water partition coefficient (Wildman–Crippen LogP) is 4.32. The summed E-state index contributed by atoms with van der Waals surface area (Å²) in [6.45, 7) is 5.09. The summed E-state index contributed by atoms with van der Waals surface area (Å²) in [6, 6.07) is 9.72. The van der Waals surface area contributed by atoms with Crippen LogP contribution in [0, 0.1) is 6.92 Å². The van der Waals surface area contributed by atoms with Gasteiger partial charge in [0, 0.05) is 35.7 Å². The number of methoxy groups -OCH3 is 1. The number of rotatable bonds is 3. The van der Waals surface area contributed by atoms with Crippen LogP contribution in [0.1, 0.15) is 27.0 Å². The normalized spacial score (nSPS) is 18.1. The first kappa shape index (κ1) is 18.1. The van der Waals surface area contributed by atoms with Crippen LogP contribution in [0.4, 0.5) is 5.69 Å². The number of hydrogen-bond acceptors (Lipinski definition) is 4. The molecule has 0 N–H and O–H groups in total. The van der Waals surface area contributed by atoms with Crippen molar-refractivity contribution >= 4 is 29.1 Å². The van der Waals surface area contributed by atoms with Crippen LogP contribution < -0.4 is 9.64 Å². The summed E-state index contributed by atoms with van der Waals surface area (Å²) < 4.78 is 11.0. The van der Waals surface area contributed by atoms with E-state index in [1.165, 1.54) is 0 Å². The Bertz CT molecular complexity index is 929. The van der Waals surface area contributed by atoms with Crippen LogP contribution in [0.2, 0.25) is 5.02 Å². The second-order valence-electron chi connectivity index (χ2n) is 6.96. The van der Waals surface area contributed by atoms with Crippen LogP contribution >= 0.6 is 11.6 Å². The maximum atomic E-state index is 13.0. The summed E-state index contributed by atoms with van der Waals surface area (Å²) in [7, 11) is 1.65. The van der Waals surface area contributed by atoms with Crippen molar-refractivity contribution in [1.82, 2.24) is 0 Å². The fourth-order valence-corrected chi connectivity index (χ4v) is 3.89. The zero-order valence-electron chi connectivity index (χ0n) is 15.5. The van der Waals surface area contributed by atoms with Crippen LogP contribution in [0.5, 0.6) is 5.75 Å². The monoisotopic (exact) mass is 383 g/mol. The van der Waals surface area contributed by atoms with Gasteiger partial charge in [0.1, 0.15) is 5.75 Å². The fourth-order valence-electron chi connectivity index (χ4n) is 3.71. The molecule has 0 saturated carbocycles. The fraction of sp³-hybridized carbons (Fsp3) is 0.318. The average molecular weight is 384 g/mol. The van der Waals surface area contributed by atoms with Gasteiger partial charge in [-0.3, -0.25) is 4.79 Å². The topological polar surface area (TPSA) is 38.8 Å². The number of ether oxygens (including phenoxy) is 2. The van der Waals surface area contributed by atoms with Gasteiger partial charge in [0.2, 0.25) is 0 Å². The van der Waals surface area contributed by atoms with Crippen molar-refractivity contribution in [2.24, 2.45) is 0 Å². The molecule has 1 aliphatic carbocycles. The predicted molar refractivity (Wildman–Crippen MR) is 108 cm³/mol. The molecular weight excluding hydrogens is 362 g/mol. The zero-order chi connectivity index (χ0) is 19.0. The van der Waals surface area contributed by atoms with Crippen molar-refractivity contribution in [3.05, 3.63) is 63.2 Å². The first-order valence-electron chi connectivity index (χ1n) is 9.12. The third kappa shape index (κ3) is 3.47. The molecule has 0 amide bonds. The maximum Gasteiger partial charge on any atom is 0.189 e. The molecule has 4 rings (SSSR count). The summed E-state index contributed by atoms with van der Waals surface area (Å²) in [5.74, 6) is 0.806. The van der Waals surface area contributed by atoms with Gasteiger partial charge in [-0.15, -0.1) is 0 Å². The van der Waals surface area contributed by atoms with E-state index in [-0.39, 0.29) is 5.78 Å². The number of allylic oxidation sites excluding steroid dienone is 1. The largest absolute Gasteiger partial charge is 0.495 e. The van der Waals surface area contributed by atoms with Gasteiger partial charge >= 0.3 is 0 Å². The lowest BCUT2D eigenvalue weighted by atomic mass is 10.0. The molecule has 0 spiro atoms. The smallest absolute Gasteiger partial charge is 0.189 e. The second kappa shape index (κ2) is 7.37. The standard InChI is InChI=1S/C22H22ClNO3/c1-14-3-4-18(23)11-15(14)9-17-10-16-12-20(24-5-7-27-8-6-24)21(26-2)13-19(16)22(17)25/h3-4,9,11-13H,5-8,10H2,1-2H3/b17-9+. The van der Waals surface area contributed by atoms with Gasteiger partial charge < -0.3 is 14.4 Å². The molecule has 1 saturated heterocycles. The number of hydrogen-bond donors (Lipinski definition) is 0. The van der Waals surface area contributed by atoms with E-state index < -0.39 is 0 Å². The molecule has 140 valence electrons. The highest BCUT2D eigenvalue weighted by Gasteiger charge is 2.28. The Hall–Kier alpha value is -2.30. The molecule has 0 bridgehead atoms. The van der Waals surface area contributed by atoms with Crippen molar-refractivity contribution < 1.29 is 14.3 Å². The van der Waals surface area contributed by atoms with Gasteiger partial charge in [-0.25, -0.2) is 0 Å². The van der Waals surface area contributed by atoms with Crippen molar-refractivity contribution in [1.29, 1.82) is 0 Å². The minimum Gasteiger partial charge on any atom is -0.495 e. The highest BCUT2D eigenvalue weighted by atomic mass is 35.5. The number of benzene rings is 2. The molecule has 1 aliphatic heterocycles. The molecule has 0 radical (unpaired) electrons. The molecule has 2 aliphatic rings. The summed E-state index contributed by atoms with van der Waals surface area (Å²) >= 11 is 6.13. The molecular formula is C22H22ClNO3. The van der Waals surface area contributed by atoms with Crippen LogP contribution in [0.15, 0.2) is 35.9 Å². The number of ketones is 1. The lowest BCUT2D eigenvalue weighted by molar-refractivity contribution is 0.104. The van der Waals surface area contributed by atoms with Crippen molar-refractivity contribution in [2.45, 2.75) is 13.3 Å². The first-order chi connectivity index (χ1) is 13.1. The molecule has 0 atom stereocenters. The van der Waals surface area contributed by atoms with Crippen molar-refractivity contribution in [3.63, 3.8) is 0 Å². The van der Waals surface area contributed by atoms with Crippen LogP contribution in [0.3, 0.4) is 0 Å². The first-order valence-corrected chi connectivity index (χ1v) is 9.49. The van der Waals surface area contributed by atoms with Gasteiger partial charge in [-0.1, -0.05) is 17.7 Å². The number of Topliss-reactive ketones (excluding diaryl/α,β-unsaturated/α-hetero) is 1. The minimum absolute atomic E-state index is 0.0659. The Labute approximate surface area is 164 Å². The summed E-state index contributed by atoms with van der Waals surface area (Å²) in [6.07, 6.45) is 2.59. The van der Waals surface area contributed by atoms with Crippen LogP contribution in [-0.2, 0) is 11.2 Å². The van der Waals surface area contributed by atoms with E-state index in [9.17, 15) is 4.79 Å². The number of halogens is 1. The molecule has 1 heterocycles. The number of carbonyl (C=O) groups is 1. The minimum atomic E-state index is 0.0659. The van der Waals surface area contributed by atoms with Gasteiger partial charge in [-0.2, -0.15) is 0 Å². The Morgan fingerprint density at radius 1 is 1.19 bits per heavy atom. The summed E-state index contributed by atoms with van der Waals surface area (Å²) in [5.41, 5.74) is 5.69. The molecule has 2 aromatic rings. The number of fused-ring (bicyclic) bond motifs is 1. The number of morpholine rings is 1. The average Bonchev–Trinajstić information content (AvgIpc) is 2.99. The lowest BCUT2D eigenvalue weighted by Crippen LogP contribution is -2.36.